The number of benzene rings is 3. The molecule has 1 aliphatic rings. The van der Waals surface area contributed by atoms with Gasteiger partial charge in [0.2, 0.25) is 11.8 Å². The molecule has 33 heavy (non-hydrogen) atoms. The highest BCUT2D eigenvalue weighted by molar-refractivity contribution is 6.05. The lowest BCUT2D eigenvalue weighted by atomic mass is 10.1. The van der Waals surface area contributed by atoms with E-state index in [1.54, 1.807) is 60.5 Å². The lowest BCUT2D eigenvalue weighted by molar-refractivity contribution is -0.122. The Labute approximate surface area is 192 Å². The van der Waals surface area contributed by atoms with Gasteiger partial charge in [-0.05, 0) is 67.6 Å². The summed E-state index contributed by atoms with van der Waals surface area (Å²) < 4.78 is 5.11. The Balaban J connectivity index is 1.34. The second-order valence-electron chi connectivity index (χ2n) is 7.99. The topological polar surface area (TPSA) is 87.7 Å². The van der Waals surface area contributed by atoms with Crippen molar-refractivity contribution in [1.82, 2.24) is 0 Å². The molecule has 168 valence electrons. The monoisotopic (exact) mass is 443 g/mol. The molecule has 3 amide bonds. The number of amides is 3. The number of hydrogen-bond donors (Lipinski definition) is 2. The molecule has 3 aromatic rings. The molecule has 0 bridgehead atoms. The van der Waals surface area contributed by atoms with Crippen molar-refractivity contribution < 1.29 is 19.1 Å². The van der Waals surface area contributed by atoms with Crippen LogP contribution in [0.2, 0.25) is 0 Å². The minimum atomic E-state index is -0.433. The zero-order chi connectivity index (χ0) is 23.4. The molecule has 4 rings (SSSR count). The van der Waals surface area contributed by atoms with E-state index in [1.165, 1.54) is 0 Å². The Hall–Kier alpha value is -4.13. The van der Waals surface area contributed by atoms with Crippen LogP contribution in [0.25, 0.3) is 0 Å². The predicted molar refractivity (Wildman–Crippen MR) is 128 cm³/mol. The molecule has 3 aromatic carbocycles. The Morgan fingerprint density at radius 3 is 2.12 bits per heavy atom. The van der Waals surface area contributed by atoms with Crippen LogP contribution in [0.1, 0.15) is 22.3 Å². The minimum Gasteiger partial charge on any atom is -0.497 e. The number of hydrogen-bond acceptors (Lipinski definition) is 4. The summed E-state index contributed by atoms with van der Waals surface area (Å²) in [6.45, 7) is 2.33. The molecule has 0 spiro atoms. The third-order valence-corrected chi connectivity index (χ3v) is 5.60. The van der Waals surface area contributed by atoms with Crippen molar-refractivity contribution in [3.8, 4) is 5.75 Å². The van der Waals surface area contributed by atoms with E-state index in [-0.39, 0.29) is 24.1 Å². The quantitative estimate of drug-likeness (QED) is 0.596. The summed E-state index contributed by atoms with van der Waals surface area (Å²) in [7, 11) is 1.58. The van der Waals surface area contributed by atoms with Gasteiger partial charge in [0, 0.05) is 35.6 Å². The summed E-state index contributed by atoms with van der Waals surface area (Å²) in [4.78, 5) is 39.3. The highest BCUT2D eigenvalue weighted by atomic mass is 16.5. The SMILES string of the molecule is COc1ccc(NC(=O)c2ccc(NC(=O)C3CC(=O)N(c4ccc(C)cc4)C3)cc2)cc1. The lowest BCUT2D eigenvalue weighted by Crippen LogP contribution is -2.28. The fourth-order valence-corrected chi connectivity index (χ4v) is 3.68. The van der Waals surface area contributed by atoms with E-state index in [0.29, 0.717) is 29.2 Å². The van der Waals surface area contributed by atoms with Gasteiger partial charge in [-0.25, -0.2) is 0 Å². The molecule has 7 heteroatoms. The Kier molecular flexibility index (Phi) is 6.40. The first-order valence-electron chi connectivity index (χ1n) is 10.7. The molecule has 1 aliphatic heterocycles. The molecule has 0 aromatic heterocycles. The standard InChI is InChI=1S/C26H25N3O4/c1-17-3-11-22(12-4-17)29-16-19(15-24(29)30)26(32)28-20-7-5-18(6-8-20)25(31)27-21-9-13-23(33-2)14-10-21/h3-14,19H,15-16H2,1-2H3,(H,27,31)(H,28,32). The van der Waals surface area contributed by atoms with Crippen LogP contribution in [0.5, 0.6) is 5.75 Å². The van der Waals surface area contributed by atoms with Crippen molar-refractivity contribution in [1.29, 1.82) is 0 Å². The molecule has 0 saturated carbocycles. The van der Waals surface area contributed by atoms with Crippen molar-refractivity contribution in [3.63, 3.8) is 0 Å². The minimum absolute atomic E-state index is 0.0652. The number of aryl methyl sites for hydroxylation is 1. The lowest BCUT2D eigenvalue weighted by Gasteiger charge is -2.17. The maximum Gasteiger partial charge on any atom is 0.255 e. The van der Waals surface area contributed by atoms with Crippen molar-refractivity contribution >= 4 is 34.8 Å². The second-order valence-corrected chi connectivity index (χ2v) is 7.99. The predicted octanol–water partition coefficient (Wildman–Crippen LogP) is 4.25. The number of nitrogens with one attached hydrogen (secondary N) is 2. The van der Waals surface area contributed by atoms with Gasteiger partial charge in [-0.1, -0.05) is 17.7 Å². The van der Waals surface area contributed by atoms with E-state index in [2.05, 4.69) is 10.6 Å². The van der Waals surface area contributed by atoms with Crippen LogP contribution >= 0.6 is 0 Å². The van der Waals surface area contributed by atoms with E-state index < -0.39 is 5.92 Å². The van der Waals surface area contributed by atoms with Crippen LogP contribution in [0.15, 0.2) is 72.8 Å². The molecule has 1 fully saturated rings. The molecular formula is C26H25N3O4. The summed E-state index contributed by atoms with van der Waals surface area (Å²) in [6, 6.07) is 21.4. The Bertz CT molecular complexity index is 1160. The molecule has 7 nitrogen and oxygen atoms in total. The van der Waals surface area contributed by atoms with Gasteiger partial charge in [0.25, 0.3) is 5.91 Å². The van der Waals surface area contributed by atoms with Crippen molar-refractivity contribution in [2.24, 2.45) is 5.92 Å². The fraction of sp³-hybridized carbons (Fsp3) is 0.192. The first kappa shape index (κ1) is 22.1. The number of carbonyl (C=O) groups excluding carboxylic acids is 3. The number of methoxy groups -OCH3 is 1. The van der Waals surface area contributed by atoms with Gasteiger partial charge >= 0.3 is 0 Å². The van der Waals surface area contributed by atoms with E-state index in [9.17, 15) is 14.4 Å². The summed E-state index contributed by atoms with van der Waals surface area (Å²) >= 11 is 0. The number of rotatable bonds is 6. The fourth-order valence-electron chi connectivity index (χ4n) is 3.68. The van der Waals surface area contributed by atoms with E-state index in [0.717, 1.165) is 11.3 Å². The number of anilines is 3. The van der Waals surface area contributed by atoms with Crippen LogP contribution in [0.3, 0.4) is 0 Å². The van der Waals surface area contributed by atoms with Crippen molar-refractivity contribution in [3.05, 3.63) is 83.9 Å². The van der Waals surface area contributed by atoms with Crippen LogP contribution in [-0.2, 0) is 9.59 Å². The maximum absolute atomic E-state index is 12.7. The number of ether oxygens (including phenoxy) is 1. The van der Waals surface area contributed by atoms with E-state index in [4.69, 9.17) is 4.74 Å². The van der Waals surface area contributed by atoms with Gasteiger partial charge in [0.15, 0.2) is 0 Å². The average molecular weight is 444 g/mol. The normalized spacial score (nSPS) is 15.3. The molecule has 0 radical (unpaired) electrons. The zero-order valence-electron chi connectivity index (χ0n) is 18.5. The van der Waals surface area contributed by atoms with Gasteiger partial charge < -0.3 is 20.3 Å². The maximum atomic E-state index is 12.7. The molecule has 1 saturated heterocycles. The highest BCUT2D eigenvalue weighted by Crippen LogP contribution is 2.26. The smallest absolute Gasteiger partial charge is 0.255 e. The van der Waals surface area contributed by atoms with Gasteiger partial charge in [-0.15, -0.1) is 0 Å². The average Bonchev–Trinajstić information content (AvgIpc) is 3.22. The van der Waals surface area contributed by atoms with Crippen LogP contribution in [0.4, 0.5) is 17.1 Å². The van der Waals surface area contributed by atoms with E-state index in [1.807, 2.05) is 31.2 Å². The summed E-state index contributed by atoms with van der Waals surface area (Å²) in [5.74, 6) is -0.262. The van der Waals surface area contributed by atoms with Crippen molar-refractivity contribution in [2.75, 3.05) is 29.2 Å². The largest absolute Gasteiger partial charge is 0.497 e. The summed E-state index contributed by atoms with van der Waals surface area (Å²) in [6.07, 6.45) is 0.169. The molecule has 2 N–H and O–H groups in total. The Morgan fingerprint density at radius 1 is 0.879 bits per heavy atom. The Morgan fingerprint density at radius 2 is 1.48 bits per heavy atom. The first-order valence-corrected chi connectivity index (χ1v) is 10.7. The highest BCUT2D eigenvalue weighted by Gasteiger charge is 2.35. The van der Waals surface area contributed by atoms with E-state index >= 15 is 0 Å². The number of nitrogens with zero attached hydrogens (tertiary/aromatic N) is 1. The first-order chi connectivity index (χ1) is 15.9. The second kappa shape index (κ2) is 9.56. The molecule has 1 heterocycles. The van der Waals surface area contributed by atoms with Crippen LogP contribution in [-0.4, -0.2) is 31.4 Å². The molecule has 1 unspecified atom stereocenters. The van der Waals surface area contributed by atoms with Crippen molar-refractivity contribution in [2.45, 2.75) is 13.3 Å². The number of carbonyl (C=O) groups is 3. The summed E-state index contributed by atoms with van der Waals surface area (Å²) in [5.41, 5.74) is 3.60. The summed E-state index contributed by atoms with van der Waals surface area (Å²) in [5, 5.41) is 5.67. The van der Waals surface area contributed by atoms with Crippen LogP contribution in [0, 0.1) is 12.8 Å². The molecule has 0 aliphatic carbocycles. The zero-order valence-corrected chi connectivity index (χ0v) is 18.5. The third kappa shape index (κ3) is 5.20. The van der Waals surface area contributed by atoms with Gasteiger partial charge in [0.05, 0.1) is 13.0 Å². The van der Waals surface area contributed by atoms with Gasteiger partial charge in [0.1, 0.15) is 5.75 Å². The molecule has 1 atom stereocenters. The van der Waals surface area contributed by atoms with Gasteiger partial charge in [-0.2, -0.15) is 0 Å². The third-order valence-electron chi connectivity index (χ3n) is 5.60. The van der Waals surface area contributed by atoms with Crippen LogP contribution < -0.4 is 20.3 Å². The molecular weight excluding hydrogens is 418 g/mol. The van der Waals surface area contributed by atoms with Gasteiger partial charge in [-0.3, -0.25) is 14.4 Å².